The van der Waals surface area contributed by atoms with Crippen molar-refractivity contribution in [2.75, 3.05) is 18.9 Å². The zero-order valence-electron chi connectivity index (χ0n) is 8.02. The number of carbonyl (C=O) groups is 1. The third kappa shape index (κ3) is 1.98. The minimum absolute atomic E-state index is 0.0698. The Kier molecular flexibility index (Phi) is 3.18. The highest BCUT2D eigenvalue weighted by molar-refractivity contribution is 7.99. The second kappa shape index (κ2) is 4.40. The second-order valence-corrected chi connectivity index (χ2v) is 4.95. The van der Waals surface area contributed by atoms with Gasteiger partial charge in [0.15, 0.2) is 0 Å². The highest BCUT2D eigenvalue weighted by atomic mass is 32.2. The molecule has 0 aromatic rings. The van der Waals surface area contributed by atoms with Crippen LogP contribution in [0.2, 0.25) is 0 Å². The maximum atomic E-state index is 11.4. The lowest BCUT2D eigenvalue weighted by Gasteiger charge is -2.28. The molecule has 0 aromatic heterocycles. The van der Waals surface area contributed by atoms with Gasteiger partial charge in [-0.15, -0.1) is 11.8 Å². The van der Waals surface area contributed by atoms with Crippen LogP contribution >= 0.6 is 11.8 Å². The van der Waals surface area contributed by atoms with Crippen molar-refractivity contribution < 1.29 is 14.6 Å². The summed E-state index contributed by atoms with van der Waals surface area (Å²) < 4.78 is 5.00. The predicted molar refractivity (Wildman–Crippen MR) is 54.2 cm³/mol. The van der Waals surface area contributed by atoms with E-state index in [1.54, 1.807) is 4.90 Å². The molecular weight excluding hydrogens is 202 g/mol. The Morgan fingerprint density at radius 3 is 3.00 bits per heavy atom. The summed E-state index contributed by atoms with van der Waals surface area (Å²) in [6.45, 7) is 0.479. The first-order valence-corrected chi connectivity index (χ1v) is 6.06. The fourth-order valence-electron chi connectivity index (χ4n) is 1.84. The molecule has 2 rings (SSSR count). The van der Waals surface area contributed by atoms with Crippen molar-refractivity contribution in [2.45, 2.75) is 30.7 Å². The molecule has 2 aliphatic rings. The van der Waals surface area contributed by atoms with Crippen LogP contribution < -0.4 is 0 Å². The smallest absolute Gasteiger partial charge is 0.411 e. The number of hydrogen-bond donors (Lipinski definition) is 1. The summed E-state index contributed by atoms with van der Waals surface area (Å²) in [6, 6.07) is 0. The van der Waals surface area contributed by atoms with Gasteiger partial charge in [-0.3, -0.25) is 4.90 Å². The highest BCUT2D eigenvalue weighted by Gasteiger charge is 2.36. The number of carbonyl (C=O) groups excluding carboxylic acids is 1. The molecule has 1 unspecified atom stereocenters. The third-order valence-corrected chi connectivity index (χ3v) is 4.01. The number of cyclic esters (lactones) is 1. The van der Waals surface area contributed by atoms with Crippen molar-refractivity contribution in [3.63, 3.8) is 0 Å². The number of rotatable bonds is 2. The normalized spacial score (nSPS) is 33.2. The predicted octanol–water partition coefficient (Wildman–Crippen LogP) is 1.04. The van der Waals surface area contributed by atoms with Crippen LogP contribution in [0, 0.1) is 0 Å². The van der Waals surface area contributed by atoms with E-state index in [-0.39, 0.29) is 24.2 Å². The number of aliphatic hydroxyl groups is 1. The molecule has 0 aromatic carbocycles. The minimum atomic E-state index is -0.315. The van der Waals surface area contributed by atoms with Crippen LogP contribution in [0.5, 0.6) is 0 Å². The van der Waals surface area contributed by atoms with Crippen LogP contribution in [-0.4, -0.2) is 46.5 Å². The van der Waals surface area contributed by atoms with Crippen molar-refractivity contribution in [1.29, 1.82) is 0 Å². The van der Waals surface area contributed by atoms with Gasteiger partial charge in [-0.2, -0.15) is 0 Å². The van der Waals surface area contributed by atoms with Crippen molar-refractivity contribution >= 4 is 17.9 Å². The van der Waals surface area contributed by atoms with Crippen LogP contribution in [0.25, 0.3) is 0 Å². The van der Waals surface area contributed by atoms with Crippen molar-refractivity contribution in [1.82, 2.24) is 4.90 Å². The quantitative estimate of drug-likeness (QED) is 0.751. The topological polar surface area (TPSA) is 49.8 Å². The van der Waals surface area contributed by atoms with Crippen molar-refractivity contribution in [3.05, 3.63) is 0 Å². The summed E-state index contributed by atoms with van der Waals surface area (Å²) in [5.41, 5.74) is 0. The Morgan fingerprint density at radius 1 is 1.57 bits per heavy atom. The van der Waals surface area contributed by atoms with Gasteiger partial charge in [0.2, 0.25) is 0 Å². The molecule has 5 heteroatoms. The van der Waals surface area contributed by atoms with E-state index in [0.29, 0.717) is 6.54 Å². The summed E-state index contributed by atoms with van der Waals surface area (Å²) in [4.78, 5) is 13.2. The van der Waals surface area contributed by atoms with E-state index in [1.807, 2.05) is 11.8 Å². The molecule has 2 fully saturated rings. The molecule has 2 aliphatic heterocycles. The van der Waals surface area contributed by atoms with E-state index in [1.165, 1.54) is 12.8 Å². The molecule has 0 saturated carbocycles. The first-order chi connectivity index (χ1) is 6.81. The van der Waals surface area contributed by atoms with Crippen molar-refractivity contribution in [3.8, 4) is 0 Å². The standard InChI is InChI=1S/C9H15NO3S/c11-6-7-5-10(9(12)13-7)8-3-1-2-4-14-8/h7-8,11H,1-6H2/t7-,8?/m1/s1. The minimum Gasteiger partial charge on any atom is -0.442 e. The van der Waals surface area contributed by atoms with Gasteiger partial charge in [-0.1, -0.05) is 0 Å². The SMILES string of the molecule is O=C1O[C@@H](CO)CN1C1CCCCS1. The van der Waals surface area contributed by atoms with E-state index in [2.05, 4.69) is 0 Å². The van der Waals surface area contributed by atoms with E-state index < -0.39 is 0 Å². The van der Waals surface area contributed by atoms with Gasteiger partial charge >= 0.3 is 6.09 Å². The third-order valence-electron chi connectivity index (χ3n) is 2.61. The lowest BCUT2D eigenvalue weighted by Crippen LogP contribution is -2.36. The van der Waals surface area contributed by atoms with E-state index in [4.69, 9.17) is 9.84 Å². The van der Waals surface area contributed by atoms with E-state index in [9.17, 15) is 4.79 Å². The maximum absolute atomic E-state index is 11.4. The van der Waals surface area contributed by atoms with Gasteiger partial charge < -0.3 is 9.84 Å². The number of aliphatic hydroxyl groups excluding tert-OH is 1. The molecule has 0 radical (unpaired) electrons. The first kappa shape index (κ1) is 10.1. The van der Waals surface area contributed by atoms with Crippen LogP contribution in [0.15, 0.2) is 0 Å². The molecule has 14 heavy (non-hydrogen) atoms. The highest BCUT2D eigenvalue weighted by Crippen LogP contribution is 2.30. The maximum Gasteiger partial charge on any atom is 0.411 e. The number of ether oxygens (including phenoxy) is 1. The summed E-state index contributed by atoms with van der Waals surface area (Å²) in [7, 11) is 0. The largest absolute Gasteiger partial charge is 0.442 e. The fraction of sp³-hybridized carbons (Fsp3) is 0.889. The Labute approximate surface area is 87.6 Å². The molecule has 0 bridgehead atoms. The second-order valence-electron chi connectivity index (χ2n) is 3.66. The average Bonchev–Trinajstić information content (AvgIpc) is 2.61. The summed E-state index contributed by atoms with van der Waals surface area (Å²) in [5.74, 6) is 1.12. The number of nitrogens with zero attached hydrogens (tertiary/aromatic N) is 1. The number of amides is 1. The van der Waals surface area contributed by atoms with Crippen LogP contribution in [0.3, 0.4) is 0 Å². The Balaban J connectivity index is 1.93. The van der Waals surface area contributed by atoms with Gasteiger partial charge in [-0.05, 0) is 25.0 Å². The summed E-state index contributed by atoms with van der Waals surface area (Å²) >= 11 is 1.82. The van der Waals surface area contributed by atoms with Gasteiger partial charge in [0.05, 0.1) is 18.5 Å². The zero-order chi connectivity index (χ0) is 9.97. The van der Waals surface area contributed by atoms with Gasteiger partial charge in [0.25, 0.3) is 0 Å². The van der Waals surface area contributed by atoms with Crippen LogP contribution in [0.4, 0.5) is 4.79 Å². The monoisotopic (exact) mass is 217 g/mol. The molecule has 80 valence electrons. The van der Waals surface area contributed by atoms with Gasteiger partial charge in [-0.25, -0.2) is 4.79 Å². The van der Waals surface area contributed by atoms with Gasteiger partial charge in [0.1, 0.15) is 6.10 Å². The lowest BCUT2D eigenvalue weighted by molar-refractivity contribution is 0.0945. The number of hydrogen-bond acceptors (Lipinski definition) is 4. The van der Waals surface area contributed by atoms with E-state index >= 15 is 0 Å². The molecule has 4 nitrogen and oxygen atoms in total. The molecular formula is C9H15NO3S. The Morgan fingerprint density at radius 2 is 2.43 bits per heavy atom. The van der Waals surface area contributed by atoms with Gasteiger partial charge in [0, 0.05) is 0 Å². The molecule has 2 atom stereocenters. The molecule has 2 heterocycles. The Bertz CT molecular complexity index is 218. The first-order valence-electron chi connectivity index (χ1n) is 5.01. The lowest BCUT2D eigenvalue weighted by atomic mass is 10.2. The average molecular weight is 217 g/mol. The number of thioether (sulfide) groups is 1. The Hall–Kier alpha value is -0.420. The molecule has 0 aliphatic carbocycles. The van der Waals surface area contributed by atoms with Crippen LogP contribution in [0.1, 0.15) is 19.3 Å². The van der Waals surface area contributed by atoms with Crippen molar-refractivity contribution in [2.24, 2.45) is 0 Å². The van der Waals surface area contributed by atoms with Crippen LogP contribution in [-0.2, 0) is 4.74 Å². The molecule has 1 amide bonds. The fourth-order valence-corrected chi connectivity index (χ4v) is 3.17. The summed E-state index contributed by atoms with van der Waals surface area (Å²) in [6.07, 6.45) is 2.91. The molecule has 2 saturated heterocycles. The van der Waals surface area contributed by atoms with E-state index in [0.717, 1.165) is 12.2 Å². The molecule has 0 spiro atoms. The molecule has 1 N–H and O–H groups in total. The summed E-state index contributed by atoms with van der Waals surface area (Å²) in [5, 5.41) is 9.16. The zero-order valence-corrected chi connectivity index (χ0v) is 8.83.